The first-order valence-electron chi connectivity index (χ1n) is 12.4. The summed E-state index contributed by atoms with van der Waals surface area (Å²) in [5, 5.41) is 4.98. The highest BCUT2D eigenvalue weighted by Crippen LogP contribution is 2.36. The van der Waals surface area contributed by atoms with E-state index in [2.05, 4.69) is 15.1 Å². The lowest BCUT2D eigenvalue weighted by atomic mass is 9.95. The van der Waals surface area contributed by atoms with Gasteiger partial charge in [-0.05, 0) is 50.9 Å². The van der Waals surface area contributed by atoms with Gasteiger partial charge in [-0.2, -0.15) is 0 Å². The average molecular weight is 464 g/mol. The third kappa shape index (κ3) is 4.75. The van der Waals surface area contributed by atoms with E-state index in [4.69, 9.17) is 9.15 Å². The number of furan rings is 1. The highest BCUT2D eigenvalue weighted by molar-refractivity contribution is 6.07. The molecule has 2 aromatic carbocycles. The zero-order chi connectivity index (χ0) is 23.5. The van der Waals surface area contributed by atoms with Crippen LogP contribution in [0.1, 0.15) is 38.5 Å². The Balaban J connectivity index is 1.19. The summed E-state index contributed by atoms with van der Waals surface area (Å²) in [5.74, 6) is 0.920. The number of likely N-dealkylation sites (tertiary alicyclic amines) is 2. The first-order valence-corrected chi connectivity index (χ1v) is 12.4. The molecule has 5 rings (SSSR count). The first-order chi connectivity index (χ1) is 16.6. The van der Waals surface area contributed by atoms with Crippen molar-refractivity contribution in [2.75, 3.05) is 45.2 Å². The predicted octanol–water partition coefficient (Wildman–Crippen LogP) is 4.65. The fourth-order valence-corrected chi connectivity index (χ4v) is 5.30. The summed E-state index contributed by atoms with van der Waals surface area (Å²) in [5.41, 5.74) is 2.12. The van der Waals surface area contributed by atoms with Gasteiger partial charge in [0.15, 0.2) is 0 Å². The summed E-state index contributed by atoms with van der Waals surface area (Å²) in [7, 11) is 1.60. The molecule has 7 heteroatoms. The number of carbonyl (C=O) groups is 2. The molecule has 1 aromatic heterocycles. The maximum Gasteiger partial charge on any atom is 0.238 e. The Morgan fingerprint density at radius 1 is 0.971 bits per heavy atom. The lowest BCUT2D eigenvalue weighted by Gasteiger charge is -2.33. The van der Waals surface area contributed by atoms with E-state index in [1.165, 1.54) is 12.8 Å². The van der Waals surface area contributed by atoms with E-state index in [1.807, 2.05) is 36.4 Å². The van der Waals surface area contributed by atoms with Gasteiger partial charge in [0.1, 0.15) is 16.9 Å². The van der Waals surface area contributed by atoms with Crippen LogP contribution in [0.5, 0.6) is 5.75 Å². The average Bonchev–Trinajstić information content (AvgIpc) is 3.01. The molecule has 0 atom stereocenters. The fraction of sp³-hybridized carbons (Fsp3) is 0.481. The Labute approximate surface area is 200 Å². The van der Waals surface area contributed by atoms with Crippen molar-refractivity contribution >= 4 is 39.4 Å². The second kappa shape index (κ2) is 10.1. The van der Waals surface area contributed by atoms with Crippen LogP contribution in [0.25, 0.3) is 21.9 Å². The van der Waals surface area contributed by atoms with Crippen LogP contribution < -0.4 is 10.1 Å². The number of benzene rings is 2. The minimum absolute atomic E-state index is 0.0907. The zero-order valence-corrected chi connectivity index (χ0v) is 19.8. The van der Waals surface area contributed by atoms with Gasteiger partial charge in [-0.15, -0.1) is 0 Å². The molecule has 0 spiro atoms. The van der Waals surface area contributed by atoms with Crippen molar-refractivity contribution in [3.8, 4) is 5.75 Å². The van der Waals surface area contributed by atoms with Crippen LogP contribution >= 0.6 is 0 Å². The van der Waals surface area contributed by atoms with E-state index in [0.717, 1.165) is 68.2 Å². The molecule has 7 nitrogen and oxygen atoms in total. The molecule has 2 saturated heterocycles. The summed E-state index contributed by atoms with van der Waals surface area (Å²) in [6.45, 7) is 3.62. The molecule has 0 aliphatic carbocycles. The topological polar surface area (TPSA) is 75.0 Å². The van der Waals surface area contributed by atoms with Crippen LogP contribution in [0.2, 0.25) is 0 Å². The van der Waals surface area contributed by atoms with Crippen molar-refractivity contribution in [2.45, 2.75) is 38.5 Å². The summed E-state index contributed by atoms with van der Waals surface area (Å²) in [6.07, 6.45) is 6.33. The maximum absolute atomic E-state index is 12.9. The first kappa shape index (κ1) is 22.7. The number of hydrogen-bond donors (Lipinski definition) is 1. The third-order valence-electron chi connectivity index (χ3n) is 7.19. The number of carbonyl (C=O) groups excluding carboxylic acids is 2. The van der Waals surface area contributed by atoms with Crippen molar-refractivity contribution < 1.29 is 18.7 Å². The number of fused-ring (bicyclic) bond motifs is 3. The number of nitrogens with zero attached hydrogens (tertiary/aromatic N) is 2. The van der Waals surface area contributed by atoms with Gasteiger partial charge < -0.3 is 19.4 Å². The van der Waals surface area contributed by atoms with E-state index in [9.17, 15) is 9.59 Å². The van der Waals surface area contributed by atoms with E-state index in [1.54, 1.807) is 7.11 Å². The smallest absolute Gasteiger partial charge is 0.238 e. The maximum atomic E-state index is 12.9. The standard InChI is InChI=1S/C27H33N3O4/c1-33-25-16-21-20-8-4-5-9-23(20)34-24(21)17-22(25)28-26(31)18-29-14-10-19(11-15-29)27(32)30-12-6-2-3-7-13-30/h4-5,8-9,16-17,19H,2-3,6-7,10-15,18H2,1H3,(H,28,31). The highest BCUT2D eigenvalue weighted by Gasteiger charge is 2.29. The molecule has 3 heterocycles. The number of rotatable bonds is 5. The second-order valence-corrected chi connectivity index (χ2v) is 9.48. The van der Waals surface area contributed by atoms with E-state index in [-0.39, 0.29) is 11.8 Å². The minimum Gasteiger partial charge on any atom is -0.495 e. The Hall–Kier alpha value is -3.06. The molecular formula is C27H33N3O4. The molecule has 34 heavy (non-hydrogen) atoms. The second-order valence-electron chi connectivity index (χ2n) is 9.48. The molecule has 2 aliphatic rings. The van der Waals surface area contributed by atoms with E-state index >= 15 is 0 Å². The number of para-hydroxylation sites is 1. The number of piperidine rings is 1. The van der Waals surface area contributed by atoms with Gasteiger partial charge in [-0.25, -0.2) is 0 Å². The Bertz CT molecular complexity index is 1170. The third-order valence-corrected chi connectivity index (χ3v) is 7.19. The van der Waals surface area contributed by atoms with Crippen molar-refractivity contribution in [3.05, 3.63) is 36.4 Å². The largest absolute Gasteiger partial charge is 0.495 e. The van der Waals surface area contributed by atoms with Gasteiger partial charge in [0.2, 0.25) is 11.8 Å². The number of nitrogens with one attached hydrogen (secondary N) is 1. The number of amides is 2. The van der Waals surface area contributed by atoms with Gasteiger partial charge in [-0.3, -0.25) is 14.5 Å². The molecule has 0 radical (unpaired) electrons. The minimum atomic E-state index is -0.0916. The van der Waals surface area contributed by atoms with E-state index < -0.39 is 0 Å². The van der Waals surface area contributed by atoms with Crippen molar-refractivity contribution in [2.24, 2.45) is 5.92 Å². The molecule has 180 valence electrons. The van der Waals surface area contributed by atoms with Crippen molar-refractivity contribution in [3.63, 3.8) is 0 Å². The molecule has 1 N–H and O–H groups in total. The van der Waals surface area contributed by atoms with Gasteiger partial charge in [0.05, 0.1) is 19.3 Å². The van der Waals surface area contributed by atoms with Crippen molar-refractivity contribution in [1.82, 2.24) is 9.80 Å². The number of anilines is 1. The Kier molecular flexibility index (Phi) is 6.72. The number of methoxy groups -OCH3 is 1. The monoisotopic (exact) mass is 463 g/mol. The summed E-state index contributed by atoms with van der Waals surface area (Å²) < 4.78 is 11.5. The van der Waals surface area contributed by atoms with Gasteiger partial charge in [0, 0.05) is 35.8 Å². The lowest BCUT2D eigenvalue weighted by molar-refractivity contribution is -0.137. The van der Waals surface area contributed by atoms with Gasteiger partial charge >= 0.3 is 0 Å². The molecule has 0 saturated carbocycles. The van der Waals surface area contributed by atoms with Crippen LogP contribution in [0, 0.1) is 5.92 Å². The SMILES string of the molecule is COc1cc2c(cc1NC(=O)CN1CCC(C(=O)N3CCCCCC3)CC1)oc1ccccc12. The van der Waals surface area contributed by atoms with Crippen LogP contribution in [0.3, 0.4) is 0 Å². The molecule has 2 aliphatic heterocycles. The molecule has 0 bridgehead atoms. The zero-order valence-electron chi connectivity index (χ0n) is 19.8. The Morgan fingerprint density at radius 2 is 1.71 bits per heavy atom. The van der Waals surface area contributed by atoms with E-state index in [0.29, 0.717) is 29.5 Å². The van der Waals surface area contributed by atoms with Crippen LogP contribution in [0.4, 0.5) is 5.69 Å². The fourth-order valence-electron chi connectivity index (χ4n) is 5.30. The normalized spacial score (nSPS) is 18.2. The van der Waals surface area contributed by atoms with Gasteiger partial charge in [-0.1, -0.05) is 31.0 Å². The molecule has 2 fully saturated rings. The summed E-state index contributed by atoms with van der Waals surface area (Å²) in [4.78, 5) is 30.0. The summed E-state index contributed by atoms with van der Waals surface area (Å²) >= 11 is 0. The highest BCUT2D eigenvalue weighted by atomic mass is 16.5. The molecule has 0 unspecified atom stereocenters. The predicted molar refractivity (Wildman–Crippen MR) is 133 cm³/mol. The quantitative estimate of drug-likeness (QED) is 0.596. The molecular weight excluding hydrogens is 430 g/mol. The summed E-state index contributed by atoms with van der Waals surface area (Å²) in [6, 6.07) is 11.6. The molecule has 2 amide bonds. The number of hydrogen-bond acceptors (Lipinski definition) is 5. The van der Waals surface area contributed by atoms with Crippen molar-refractivity contribution in [1.29, 1.82) is 0 Å². The van der Waals surface area contributed by atoms with Crippen LogP contribution in [-0.4, -0.2) is 61.4 Å². The Morgan fingerprint density at radius 3 is 2.44 bits per heavy atom. The van der Waals surface area contributed by atoms with Crippen LogP contribution in [-0.2, 0) is 9.59 Å². The van der Waals surface area contributed by atoms with Gasteiger partial charge in [0.25, 0.3) is 0 Å². The number of ether oxygens (including phenoxy) is 1. The molecule has 3 aromatic rings. The lowest BCUT2D eigenvalue weighted by Crippen LogP contribution is -2.44. The van der Waals surface area contributed by atoms with Crippen LogP contribution in [0.15, 0.2) is 40.8 Å².